The van der Waals surface area contributed by atoms with E-state index in [0.717, 1.165) is 19.5 Å². The lowest BCUT2D eigenvalue weighted by Crippen LogP contribution is -2.35. The van der Waals surface area contributed by atoms with Crippen molar-refractivity contribution in [3.05, 3.63) is 21.9 Å². The molecule has 2 unspecified atom stereocenters. The van der Waals surface area contributed by atoms with E-state index in [1.807, 2.05) is 11.3 Å². The van der Waals surface area contributed by atoms with Gasteiger partial charge >= 0.3 is 0 Å². The molecule has 0 spiro atoms. The summed E-state index contributed by atoms with van der Waals surface area (Å²) in [6.07, 6.45) is 5.09. The number of aryl methyl sites for hydroxylation is 1. The van der Waals surface area contributed by atoms with Crippen LogP contribution >= 0.6 is 11.3 Å². The first kappa shape index (κ1) is 12.1. The van der Waals surface area contributed by atoms with Crippen molar-refractivity contribution in [2.75, 3.05) is 6.54 Å². The molecular weight excluding hydrogens is 216 g/mol. The monoisotopic (exact) mass is 238 g/mol. The second-order valence-corrected chi connectivity index (χ2v) is 5.89. The van der Waals surface area contributed by atoms with Gasteiger partial charge in [-0.25, -0.2) is 0 Å². The predicted octanol–water partition coefficient (Wildman–Crippen LogP) is 2.53. The maximum atomic E-state index is 5.78. The number of hydrogen-bond donors (Lipinski definition) is 2. The number of thiophene rings is 1. The molecule has 1 saturated carbocycles. The predicted molar refractivity (Wildman–Crippen MR) is 70.7 cm³/mol. The van der Waals surface area contributed by atoms with Crippen molar-refractivity contribution in [1.29, 1.82) is 0 Å². The summed E-state index contributed by atoms with van der Waals surface area (Å²) < 4.78 is 0. The van der Waals surface area contributed by atoms with Gasteiger partial charge in [0.2, 0.25) is 0 Å². The Labute approximate surface area is 102 Å². The first-order chi connectivity index (χ1) is 7.83. The molecule has 3 N–H and O–H groups in total. The van der Waals surface area contributed by atoms with E-state index in [4.69, 9.17) is 5.73 Å². The van der Waals surface area contributed by atoms with Crippen LogP contribution in [0.4, 0.5) is 0 Å². The van der Waals surface area contributed by atoms with E-state index < -0.39 is 0 Å². The van der Waals surface area contributed by atoms with E-state index in [0.29, 0.717) is 12.0 Å². The summed E-state index contributed by atoms with van der Waals surface area (Å²) in [4.78, 5) is 2.94. The molecule has 2 atom stereocenters. The van der Waals surface area contributed by atoms with Gasteiger partial charge in [0.1, 0.15) is 0 Å². The standard InChI is InChI=1S/C13H22N2S/c1-2-11-6-7-12(16-11)9-15-13-5-3-4-10(13)8-14/h6-7,10,13,15H,2-5,8-9,14H2,1H3. The minimum Gasteiger partial charge on any atom is -0.330 e. The minimum atomic E-state index is 0.650. The van der Waals surface area contributed by atoms with Crippen molar-refractivity contribution in [2.24, 2.45) is 11.7 Å². The van der Waals surface area contributed by atoms with Crippen LogP contribution in [0, 0.1) is 5.92 Å². The Kier molecular flexibility index (Phi) is 4.38. The molecule has 1 aliphatic rings. The molecule has 1 heterocycles. The Morgan fingerprint density at radius 1 is 1.38 bits per heavy atom. The third kappa shape index (κ3) is 2.84. The van der Waals surface area contributed by atoms with Gasteiger partial charge in [-0.05, 0) is 43.9 Å². The van der Waals surface area contributed by atoms with Crippen LogP contribution in [0.1, 0.15) is 35.9 Å². The second-order valence-electron chi connectivity index (χ2n) is 4.64. The van der Waals surface area contributed by atoms with Crippen molar-refractivity contribution in [2.45, 2.75) is 45.2 Å². The average molecular weight is 238 g/mol. The zero-order valence-electron chi connectivity index (χ0n) is 10.0. The smallest absolute Gasteiger partial charge is 0.0302 e. The van der Waals surface area contributed by atoms with E-state index in [1.165, 1.54) is 29.0 Å². The fourth-order valence-corrected chi connectivity index (χ4v) is 3.44. The van der Waals surface area contributed by atoms with Crippen LogP contribution in [0.25, 0.3) is 0 Å². The maximum absolute atomic E-state index is 5.78. The number of nitrogens with one attached hydrogen (secondary N) is 1. The molecule has 90 valence electrons. The third-order valence-electron chi connectivity index (χ3n) is 3.57. The van der Waals surface area contributed by atoms with E-state index in [9.17, 15) is 0 Å². The van der Waals surface area contributed by atoms with E-state index in [2.05, 4.69) is 24.4 Å². The molecule has 1 aromatic rings. The molecule has 0 aliphatic heterocycles. The summed E-state index contributed by atoms with van der Waals surface area (Å²) in [7, 11) is 0. The highest BCUT2D eigenvalue weighted by molar-refractivity contribution is 7.11. The zero-order chi connectivity index (χ0) is 11.4. The molecule has 1 aliphatic carbocycles. The molecule has 1 fully saturated rings. The minimum absolute atomic E-state index is 0.650. The quantitative estimate of drug-likeness (QED) is 0.827. The molecule has 1 aromatic heterocycles. The number of rotatable bonds is 5. The van der Waals surface area contributed by atoms with Crippen LogP contribution in [0.3, 0.4) is 0 Å². The van der Waals surface area contributed by atoms with Crippen molar-refractivity contribution >= 4 is 11.3 Å². The first-order valence-electron chi connectivity index (χ1n) is 6.34. The summed E-state index contributed by atoms with van der Waals surface area (Å²) in [6.45, 7) is 4.07. The average Bonchev–Trinajstić information content (AvgIpc) is 2.94. The highest BCUT2D eigenvalue weighted by Gasteiger charge is 2.25. The molecular formula is C13H22N2S. The van der Waals surface area contributed by atoms with Crippen LogP contribution in [-0.4, -0.2) is 12.6 Å². The van der Waals surface area contributed by atoms with Crippen molar-refractivity contribution < 1.29 is 0 Å². The second kappa shape index (κ2) is 5.80. The van der Waals surface area contributed by atoms with Crippen molar-refractivity contribution in [1.82, 2.24) is 5.32 Å². The molecule has 2 nitrogen and oxygen atoms in total. The first-order valence-corrected chi connectivity index (χ1v) is 7.16. The van der Waals surface area contributed by atoms with E-state index in [1.54, 1.807) is 0 Å². The largest absolute Gasteiger partial charge is 0.330 e. The van der Waals surface area contributed by atoms with Crippen molar-refractivity contribution in [3.63, 3.8) is 0 Å². The van der Waals surface area contributed by atoms with Gasteiger partial charge in [-0.1, -0.05) is 13.3 Å². The van der Waals surface area contributed by atoms with Crippen LogP contribution in [0.5, 0.6) is 0 Å². The Bertz CT molecular complexity index is 321. The number of nitrogens with two attached hydrogens (primary N) is 1. The number of hydrogen-bond acceptors (Lipinski definition) is 3. The molecule has 0 amide bonds. The highest BCUT2D eigenvalue weighted by atomic mass is 32.1. The van der Waals surface area contributed by atoms with Gasteiger partial charge in [-0.3, -0.25) is 0 Å². The molecule has 0 aromatic carbocycles. The zero-order valence-corrected chi connectivity index (χ0v) is 10.9. The molecule has 16 heavy (non-hydrogen) atoms. The summed E-state index contributed by atoms with van der Waals surface area (Å²) >= 11 is 1.93. The van der Waals surface area contributed by atoms with Crippen LogP contribution in [-0.2, 0) is 13.0 Å². The van der Waals surface area contributed by atoms with Crippen LogP contribution in [0.2, 0.25) is 0 Å². The Balaban J connectivity index is 1.82. The summed E-state index contributed by atoms with van der Waals surface area (Å²) in [5, 5.41) is 3.67. The fourth-order valence-electron chi connectivity index (χ4n) is 2.53. The lowest BCUT2D eigenvalue weighted by molar-refractivity contribution is 0.407. The van der Waals surface area contributed by atoms with Crippen LogP contribution < -0.4 is 11.1 Å². The van der Waals surface area contributed by atoms with E-state index >= 15 is 0 Å². The fraction of sp³-hybridized carbons (Fsp3) is 0.692. The van der Waals surface area contributed by atoms with Crippen LogP contribution in [0.15, 0.2) is 12.1 Å². The summed E-state index contributed by atoms with van der Waals surface area (Å²) in [6, 6.07) is 5.15. The normalized spacial score (nSPS) is 25.1. The van der Waals surface area contributed by atoms with Gasteiger partial charge in [0.05, 0.1) is 0 Å². The Morgan fingerprint density at radius 2 is 2.19 bits per heavy atom. The van der Waals surface area contributed by atoms with Gasteiger partial charge < -0.3 is 11.1 Å². The topological polar surface area (TPSA) is 38.0 Å². The molecule has 0 radical (unpaired) electrons. The molecule has 0 saturated heterocycles. The Hall–Kier alpha value is -0.380. The third-order valence-corrected chi connectivity index (χ3v) is 4.80. The lowest BCUT2D eigenvalue weighted by Gasteiger charge is -2.18. The highest BCUT2D eigenvalue weighted by Crippen LogP contribution is 2.25. The summed E-state index contributed by atoms with van der Waals surface area (Å²) in [5.41, 5.74) is 5.78. The van der Waals surface area contributed by atoms with Crippen molar-refractivity contribution in [3.8, 4) is 0 Å². The molecule has 2 rings (SSSR count). The SMILES string of the molecule is CCc1ccc(CNC2CCCC2CN)s1. The molecule has 0 bridgehead atoms. The van der Waals surface area contributed by atoms with Gasteiger partial charge in [0, 0.05) is 22.3 Å². The van der Waals surface area contributed by atoms with Gasteiger partial charge in [-0.2, -0.15) is 0 Å². The van der Waals surface area contributed by atoms with Gasteiger partial charge in [-0.15, -0.1) is 11.3 Å². The maximum Gasteiger partial charge on any atom is 0.0302 e. The van der Waals surface area contributed by atoms with Gasteiger partial charge in [0.25, 0.3) is 0 Å². The lowest BCUT2D eigenvalue weighted by atomic mass is 10.0. The molecule has 3 heteroatoms. The van der Waals surface area contributed by atoms with E-state index in [-0.39, 0.29) is 0 Å². The Morgan fingerprint density at radius 3 is 2.88 bits per heavy atom. The summed E-state index contributed by atoms with van der Waals surface area (Å²) in [5.74, 6) is 0.700. The van der Waals surface area contributed by atoms with Gasteiger partial charge in [0.15, 0.2) is 0 Å².